The van der Waals surface area contributed by atoms with Crippen LogP contribution in [0.4, 0.5) is 0 Å². The molecule has 2 heterocycles. The number of rotatable bonds is 5. The van der Waals surface area contributed by atoms with Gasteiger partial charge in [-0.25, -0.2) is 0 Å². The molecule has 1 amide bonds. The number of aliphatic hydroxyl groups is 1. The Morgan fingerprint density at radius 2 is 2.22 bits per heavy atom. The second kappa shape index (κ2) is 6.18. The van der Waals surface area contributed by atoms with E-state index < -0.39 is 6.10 Å². The largest absolute Gasteiger partial charge is 0.493 e. The number of aromatic nitrogens is 1. The van der Waals surface area contributed by atoms with E-state index in [4.69, 9.17) is 9.15 Å². The number of fused-ring (bicyclic) bond motifs is 1. The van der Waals surface area contributed by atoms with Crippen LogP contribution in [0.25, 0.3) is 11.0 Å². The molecule has 0 aliphatic carbocycles. The van der Waals surface area contributed by atoms with Gasteiger partial charge in [0.1, 0.15) is 6.10 Å². The number of aliphatic hydroxyl groups excluding tert-OH is 1. The van der Waals surface area contributed by atoms with E-state index in [1.54, 1.807) is 19.2 Å². The average Bonchev–Trinajstić information content (AvgIpc) is 3.17. The number of benzene rings is 1. The number of hydrogen-bond acceptors (Lipinski definition) is 4. The summed E-state index contributed by atoms with van der Waals surface area (Å²) < 4.78 is 12.6. The van der Waals surface area contributed by atoms with Crippen molar-refractivity contribution in [1.82, 2.24) is 9.88 Å². The number of amides is 1. The minimum atomic E-state index is -0.780. The zero-order valence-electron chi connectivity index (χ0n) is 12.9. The number of ether oxygens (including phenoxy) is 1. The smallest absolute Gasteiger partial charge is 0.287 e. The number of nitrogens with zero attached hydrogens (tertiary/aromatic N) is 1. The molecule has 23 heavy (non-hydrogen) atoms. The predicted octanol–water partition coefficient (Wildman–Crippen LogP) is 2.24. The van der Waals surface area contributed by atoms with Crippen molar-refractivity contribution in [3.63, 3.8) is 0 Å². The zero-order valence-corrected chi connectivity index (χ0v) is 12.9. The fraction of sp³-hybridized carbons (Fsp3) is 0.235. The van der Waals surface area contributed by atoms with Gasteiger partial charge in [-0.05, 0) is 24.3 Å². The van der Waals surface area contributed by atoms with Crippen LogP contribution >= 0.6 is 0 Å². The molecule has 1 unspecified atom stereocenters. The Kier molecular flexibility index (Phi) is 4.08. The third kappa shape index (κ3) is 2.93. The van der Waals surface area contributed by atoms with Crippen LogP contribution in [0.1, 0.15) is 22.4 Å². The van der Waals surface area contributed by atoms with Crippen LogP contribution in [-0.4, -0.2) is 29.2 Å². The number of furan rings is 1. The summed E-state index contributed by atoms with van der Waals surface area (Å²) in [6, 6.07) is 10.7. The van der Waals surface area contributed by atoms with Gasteiger partial charge in [0.15, 0.2) is 17.1 Å². The first kappa shape index (κ1) is 15.2. The van der Waals surface area contributed by atoms with Gasteiger partial charge < -0.3 is 24.1 Å². The molecule has 6 heteroatoms. The predicted molar refractivity (Wildman–Crippen MR) is 85.5 cm³/mol. The maximum atomic E-state index is 12.2. The molecule has 120 valence electrons. The number of nitrogens with one attached hydrogen (secondary N) is 1. The van der Waals surface area contributed by atoms with E-state index in [0.29, 0.717) is 11.3 Å². The molecule has 0 spiro atoms. The summed E-state index contributed by atoms with van der Waals surface area (Å²) in [7, 11) is 3.39. The van der Waals surface area contributed by atoms with Crippen LogP contribution in [-0.2, 0) is 7.05 Å². The van der Waals surface area contributed by atoms with Gasteiger partial charge in [-0.2, -0.15) is 0 Å². The molecular formula is C17H18N2O4. The van der Waals surface area contributed by atoms with Gasteiger partial charge in [0.05, 0.1) is 7.11 Å². The molecule has 6 nitrogen and oxygen atoms in total. The number of hydrogen-bond donors (Lipinski definition) is 2. The van der Waals surface area contributed by atoms with Crippen molar-refractivity contribution in [1.29, 1.82) is 0 Å². The monoisotopic (exact) mass is 314 g/mol. The highest BCUT2D eigenvalue weighted by Gasteiger charge is 2.17. The van der Waals surface area contributed by atoms with E-state index in [2.05, 4.69) is 5.32 Å². The van der Waals surface area contributed by atoms with Crippen molar-refractivity contribution < 1.29 is 19.1 Å². The van der Waals surface area contributed by atoms with Crippen molar-refractivity contribution in [2.45, 2.75) is 6.10 Å². The highest BCUT2D eigenvalue weighted by molar-refractivity contribution is 5.97. The van der Waals surface area contributed by atoms with Crippen LogP contribution < -0.4 is 10.1 Å². The molecule has 2 aromatic heterocycles. The summed E-state index contributed by atoms with van der Waals surface area (Å²) in [6.45, 7) is 0.102. The average molecular weight is 314 g/mol. The SMILES string of the molecule is COc1cccc2cc(C(=O)NCC(O)c3cccn3C)oc12. The standard InChI is InChI=1S/C17H18N2O4/c1-19-8-4-6-12(19)13(20)10-18-17(21)15-9-11-5-3-7-14(22-2)16(11)23-15/h3-9,13,20H,10H2,1-2H3,(H,18,21). The molecule has 0 radical (unpaired) electrons. The Morgan fingerprint density at radius 1 is 1.39 bits per heavy atom. The topological polar surface area (TPSA) is 76.6 Å². The summed E-state index contributed by atoms with van der Waals surface area (Å²) >= 11 is 0. The molecule has 0 saturated carbocycles. The van der Waals surface area contributed by atoms with Gasteiger partial charge in [0, 0.05) is 30.9 Å². The second-order valence-electron chi connectivity index (χ2n) is 5.26. The minimum Gasteiger partial charge on any atom is -0.493 e. The van der Waals surface area contributed by atoms with Crippen LogP contribution in [0.5, 0.6) is 5.75 Å². The molecule has 2 N–H and O–H groups in total. The quantitative estimate of drug-likeness (QED) is 0.757. The maximum absolute atomic E-state index is 12.2. The van der Waals surface area contributed by atoms with E-state index in [1.165, 1.54) is 0 Å². The number of carbonyl (C=O) groups excluding carboxylic acids is 1. The van der Waals surface area contributed by atoms with E-state index >= 15 is 0 Å². The minimum absolute atomic E-state index is 0.102. The summed E-state index contributed by atoms with van der Waals surface area (Å²) in [6.07, 6.45) is 1.06. The lowest BCUT2D eigenvalue weighted by molar-refractivity contribution is 0.0887. The Bertz CT molecular complexity index is 834. The third-order valence-corrected chi connectivity index (χ3v) is 3.73. The lowest BCUT2D eigenvalue weighted by Crippen LogP contribution is -2.28. The van der Waals surface area contributed by atoms with Crippen LogP contribution in [0, 0.1) is 0 Å². The first-order valence-corrected chi connectivity index (χ1v) is 7.24. The summed E-state index contributed by atoms with van der Waals surface area (Å²) in [5.41, 5.74) is 1.26. The van der Waals surface area contributed by atoms with Crippen LogP contribution in [0.3, 0.4) is 0 Å². The van der Waals surface area contributed by atoms with Crippen LogP contribution in [0.15, 0.2) is 47.0 Å². The maximum Gasteiger partial charge on any atom is 0.287 e. The molecular weight excluding hydrogens is 296 g/mol. The zero-order chi connectivity index (χ0) is 16.4. The van der Waals surface area contributed by atoms with Crippen molar-refractivity contribution in [2.24, 2.45) is 7.05 Å². The Morgan fingerprint density at radius 3 is 2.91 bits per heavy atom. The van der Waals surface area contributed by atoms with Gasteiger partial charge in [0.2, 0.25) is 0 Å². The summed E-state index contributed by atoms with van der Waals surface area (Å²) in [5, 5.41) is 13.6. The first-order chi connectivity index (χ1) is 11.1. The number of aryl methyl sites for hydroxylation is 1. The normalized spacial score (nSPS) is 12.3. The number of methoxy groups -OCH3 is 1. The lowest BCUT2D eigenvalue weighted by Gasteiger charge is -2.12. The molecule has 0 saturated heterocycles. The van der Waals surface area contributed by atoms with Crippen molar-refractivity contribution in [3.8, 4) is 5.75 Å². The van der Waals surface area contributed by atoms with Gasteiger partial charge in [-0.15, -0.1) is 0 Å². The van der Waals surface area contributed by atoms with E-state index in [1.807, 2.05) is 42.1 Å². The molecule has 0 bridgehead atoms. The van der Waals surface area contributed by atoms with Crippen molar-refractivity contribution in [2.75, 3.05) is 13.7 Å². The number of carbonyl (C=O) groups is 1. The number of para-hydroxylation sites is 1. The fourth-order valence-corrected chi connectivity index (χ4v) is 2.51. The van der Waals surface area contributed by atoms with E-state index in [0.717, 1.165) is 11.1 Å². The second-order valence-corrected chi connectivity index (χ2v) is 5.26. The van der Waals surface area contributed by atoms with Gasteiger partial charge in [-0.3, -0.25) is 4.79 Å². The van der Waals surface area contributed by atoms with E-state index in [-0.39, 0.29) is 18.2 Å². The summed E-state index contributed by atoms with van der Waals surface area (Å²) in [5.74, 6) is 0.380. The highest BCUT2D eigenvalue weighted by atomic mass is 16.5. The van der Waals surface area contributed by atoms with E-state index in [9.17, 15) is 9.90 Å². The molecule has 0 fully saturated rings. The molecule has 3 aromatic rings. The fourth-order valence-electron chi connectivity index (χ4n) is 2.51. The first-order valence-electron chi connectivity index (χ1n) is 7.24. The van der Waals surface area contributed by atoms with Gasteiger partial charge in [-0.1, -0.05) is 12.1 Å². The third-order valence-electron chi connectivity index (χ3n) is 3.73. The van der Waals surface area contributed by atoms with Gasteiger partial charge >= 0.3 is 0 Å². The molecule has 0 aliphatic heterocycles. The molecule has 3 rings (SSSR count). The molecule has 0 aliphatic rings. The van der Waals surface area contributed by atoms with Crippen LogP contribution in [0.2, 0.25) is 0 Å². The van der Waals surface area contributed by atoms with Crippen molar-refractivity contribution in [3.05, 3.63) is 54.0 Å². The Hall–Kier alpha value is -2.73. The van der Waals surface area contributed by atoms with Crippen molar-refractivity contribution >= 4 is 16.9 Å². The Labute approximate surface area is 133 Å². The molecule has 1 atom stereocenters. The molecule has 1 aromatic carbocycles. The van der Waals surface area contributed by atoms with Gasteiger partial charge in [0.25, 0.3) is 5.91 Å². The highest BCUT2D eigenvalue weighted by Crippen LogP contribution is 2.28. The summed E-state index contributed by atoms with van der Waals surface area (Å²) in [4.78, 5) is 12.2. The lowest BCUT2D eigenvalue weighted by atomic mass is 10.2. The Balaban J connectivity index is 1.72.